The van der Waals surface area contributed by atoms with Gasteiger partial charge in [0.25, 0.3) is 5.91 Å². The zero-order valence-electron chi connectivity index (χ0n) is 12.9. The van der Waals surface area contributed by atoms with Gasteiger partial charge in [0.05, 0.1) is 0 Å². The molecule has 1 N–H and O–H groups in total. The monoisotopic (exact) mass is 305 g/mol. The topological polar surface area (TPSA) is 68.0 Å². The Morgan fingerprint density at radius 1 is 1.00 bits per heavy atom. The molecular weight excluding hydrogens is 290 g/mol. The number of hydrogen-bond acceptors (Lipinski definition) is 4. The quantitative estimate of drug-likeness (QED) is 0.789. The molecule has 0 saturated heterocycles. The van der Waals surface area contributed by atoms with E-state index in [0.717, 1.165) is 33.4 Å². The predicted molar refractivity (Wildman–Crippen MR) is 85.8 cm³/mol. The SMILES string of the molecule is Cc1nnc(-c2cc(-c3ccc4c(c3)C(=O)NC4)ccc2C)o1. The van der Waals surface area contributed by atoms with Gasteiger partial charge < -0.3 is 9.73 Å². The van der Waals surface area contributed by atoms with Gasteiger partial charge in [-0.25, -0.2) is 0 Å². The predicted octanol–water partition coefficient (Wildman–Crippen LogP) is 3.26. The highest BCUT2D eigenvalue weighted by Crippen LogP contribution is 2.30. The van der Waals surface area contributed by atoms with Crippen molar-refractivity contribution in [3.8, 4) is 22.6 Å². The summed E-state index contributed by atoms with van der Waals surface area (Å²) in [4.78, 5) is 11.8. The third kappa shape index (κ3) is 2.30. The number of nitrogens with zero attached hydrogens (tertiary/aromatic N) is 2. The van der Waals surface area contributed by atoms with Crippen LogP contribution in [0.15, 0.2) is 40.8 Å². The summed E-state index contributed by atoms with van der Waals surface area (Å²) in [5, 5.41) is 10.8. The molecule has 0 bridgehead atoms. The molecule has 0 radical (unpaired) electrons. The molecule has 3 aromatic rings. The fourth-order valence-electron chi connectivity index (χ4n) is 2.83. The molecule has 0 spiro atoms. The molecule has 0 unspecified atom stereocenters. The van der Waals surface area contributed by atoms with Crippen LogP contribution < -0.4 is 5.32 Å². The molecule has 4 rings (SSSR count). The van der Waals surface area contributed by atoms with Gasteiger partial charge >= 0.3 is 0 Å². The Kier molecular flexibility index (Phi) is 3.01. The zero-order valence-corrected chi connectivity index (χ0v) is 12.9. The fourth-order valence-corrected chi connectivity index (χ4v) is 2.83. The largest absolute Gasteiger partial charge is 0.421 e. The number of rotatable bonds is 2. The Morgan fingerprint density at radius 2 is 1.74 bits per heavy atom. The molecule has 114 valence electrons. The average molecular weight is 305 g/mol. The second-order valence-corrected chi connectivity index (χ2v) is 5.71. The zero-order chi connectivity index (χ0) is 16.0. The van der Waals surface area contributed by atoms with Crippen LogP contribution in [0.3, 0.4) is 0 Å². The second-order valence-electron chi connectivity index (χ2n) is 5.71. The number of nitrogens with one attached hydrogen (secondary N) is 1. The Hall–Kier alpha value is -2.95. The van der Waals surface area contributed by atoms with Gasteiger partial charge in [-0.15, -0.1) is 10.2 Å². The molecule has 1 aliphatic heterocycles. The van der Waals surface area contributed by atoms with Gasteiger partial charge in [0.15, 0.2) is 0 Å². The standard InChI is InChI=1S/C18H15N3O2/c1-10-3-4-12(7-15(10)18-21-20-11(2)23-18)13-5-6-14-9-19-17(22)16(14)8-13/h3-8H,9H2,1-2H3,(H,19,22). The van der Waals surface area contributed by atoms with Crippen LogP contribution >= 0.6 is 0 Å². The molecule has 0 fully saturated rings. The highest BCUT2D eigenvalue weighted by atomic mass is 16.4. The Bertz CT molecular complexity index is 928. The molecule has 1 amide bonds. The molecular formula is C18H15N3O2. The number of carbonyl (C=O) groups excluding carboxylic acids is 1. The maximum Gasteiger partial charge on any atom is 0.251 e. The lowest BCUT2D eigenvalue weighted by Crippen LogP contribution is -2.12. The van der Waals surface area contributed by atoms with Gasteiger partial charge in [0.1, 0.15) is 0 Å². The van der Waals surface area contributed by atoms with E-state index in [1.165, 1.54) is 0 Å². The molecule has 2 heterocycles. The second kappa shape index (κ2) is 5.05. The van der Waals surface area contributed by atoms with Crippen molar-refractivity contribution in [3.63, 3.8) is 0 Å². The lowest BCUT2D eigenvalue weighted by molar-refractivity contribution is 0.0966. The van der Waals surface area contributed by atoms with Crippen molar-refractivity contribution < 1.29 is 9.21 Å². The van der Waals surface area contributed by atoms with Crippen molar-refractivity contribution in [1.29, 1.82) is 0 Å². The number of aryl methyl sites for hydroxylation is 2. The number of carbonyl (C=O) groups is 1. The first-order valence-corrected chi connectivity index (χ1v) is 7.44. The van der Waals surface area contributed by atoms with Crippen molar-refractivity contribution in [2.75, 3.05) is 0 Å². The van der Waals surface area contributed by atoms with Crippen LogP contribution in [0.5, 0.6) is 0 Å². The van der Waals surface area contributed by atoms with Gasteiger partial charge in [-0.2, -0.15) is 0 Å². The molecule has 5 nitrogen and oxygen atoms in total. The highest BCUT2D eigenvalue weighted by molar-refractivity contribution is 5.99. The summed E-state index contributed by atoms with van der Waals surface area (Å²) >= 11 is 0. The first-order chi connectivity index (χ1) is 11.1. The Labute approximate surface area is 133 Å². The van der Waals surface area contributed by atoms with E-state index >= 15 is 0 Å². The fraction of sp³-hybridized carbons (Fsp3) is 0.167. The molecule has 1 aliphatic rings. The van der Waals surface area contributed by atoms with Crippen molar-refractivity contribution in [3.05, 3.63) is 59.0 Å². The van der Waals surface area contributed by atoms with Crippen molar-refractivity contribution >= 4 is 5.91 Å². The maximum absolute atomic E-state index is 11.8. The number of amides is 1. The summed E-state index contributed by atoms with van der Waals surface area (Å²) in [5.74, 6) is 1.04. The molecule has 2 aromatic carbocycles. The maximum atomic E-state index is 11.8. The van der Waals surface area contributed by atoms with Gasteiger partial charge in [0.2, 0.25) is 11.8 Å². The smallest absolute Gasteiger partial charge is 0.251 e. The van der Waals surface area contributed by atoms with Crippen LogP contribution in [-0.4, -0.2) is 16.1 Å². The summed E-state index contributed by atoms with van der Waals surface area (Å²) < 4.78 is 5.55. The van der Waals surface area contributed by atoms with E-state index in [9.17, 15) is 4.79 Å². The van der Waals surface area contributed by atoms with Gasteiger partial charge in [-0.3, -0.25) is 4.79 Å². The summed E-state index contributed by atoms with van der Waals surface area (Å²) in [6.07, 6.45) is 0. The van der Waals surface area contributed by atoms with Crippen molar-refractivity contribution in [2.24, 2.45) is 0 Å². The first-order valence-electron chi connectivity index (χ1n) is 7.44. The average Bonchev–Trinajstić information content (AvgIpc) is 3.14. The first kappa shape index (κ1) is 13.7. The Morgan fingerprint density at radius 3 is 2.48 bits per heavy atom. The van der Waals surface area contributed by atoms with Crippen LogP contribution in [0.2, 0.25) is 0 Å². The van der Waals surface area contributed by atoms with Crippen LogP contribution in [-0.2, 0) is 6.54 Å². The van der Waals surface area contributed by atoms with E-state index in [0.29, 0.717) is 18.3 Å². The summed E-state index contributed by atoms with van der Waals surface area (Å²) in [7, 11) is 0. The van der Waals surface area contributed by atoms with Gasteiger partial charge in [0, 0.05) is 24.6 Å². The molecule has 5 heteroatoms. The van der Waals surface area contributed by atoms with E-state index in [2.05, 4.69) is 15.5 Å². The van der Waals surface area contributed by atoms with Crippen LogP contribution in [0, 0.1) is 13.8 Å². The lowest BCUT2D eigenvalue weighted by Gasteiger charge is -2.07. The number of hydrogen-bond donors (Lipinski definition) is 1. The Balaban J connectivity index is 1.81. The minimum atomic E-state index is -0.0123. The van der Waals surface area contributed by atoms with Crippen molar-refractivity contribution in [2.45, 2.75) is 20.4 Å². The van der Waals surface area contributed by atoms with E-state index in [4.69, 9.17) is 4.42 Å². The van der Waals surface area contributed by atoms with Gasteiger partial charge in [-0.1, -0.05) is 24.3 Å². The van der Waals surface area contributed by atoms with Crippen LogP contribution in [0.1, 0.15) is 27.4 Å². The molecule has 0 saturated carbocycles. The lowest BCUT2D eigenvalue weighted by atomic mass is 9.97. The van der Waals surface area contributed by atoms with Crippen LogP contribution in [0.25, 0.3) is 22.6 Å². The minimum Gasteiger partial charge on any atom is -0.421 e. The number of benzene rings is 2. The van der Waals surface area contributed by atoms with Crippen LogP contribution in [0.4, 0.5) is 0 Å². The summed E-state index contributed by atoms with van der Waals surface area (Å²) in [5.41, 5.74) is 5.78. The summed E-state index contributed by atoms with van der Waals surface area (Å²) in [6.45, 7) is 4.39. The van der Waals surface area contributed by atoms with Crippen molar-refractivity contribution in [1.82, 2.24) is 15.5 Å². The third-order valence-corrected chi connectivity index (χ3v) is 4.12. The normalized spacial score (nSPS) is 13.0. The van der Waals surface area contributed by atoms with E-state index in [-0.39, 0.29) is 5.91 Å². The summed E-state index contributed by atoms with van der Waals surface area (Å²) in [6, 6.07) is 12.1. The van der Waals surface area contributed by atoms with E-state index in [1.54, 1.807) is 6.92 Å². The van der Waals surface area contributed by atoms with Gasteiger partial charge in [-0.05, 0) is 41.3 Å². The molecule has 0 aliphatic carbocycles. The molecule has 1 aromatic heterocycles. The van der Waals surface area contributed by atoms with E-state index < -0.39 is 0 Å². The number of fused-ring (bicyclic) bond motifs is 1. The van der Waals surface area contributed by atoms with E-state index in [1.807, 2.05) is 43.3 Å². The minimum absolute atomic E-state index is 0.0123. The molecule has 0 atom stereocenters. The highest BCUT2D eigenvalue weighted by Gasteiger charge is 2.19. The third-order valence-electron chi connectivity index (χ3n) is 4.12. The number of aromatic nitrogens is 2. The molecule has 23 heavy (non-hydrogen) atoms.